The molecule has 2 atom stereocenters. The molecular weight excluding hydrogens is 324 g/mol. The molecule has 0 bridgehead atoms. The smallest absolute Gasteiger partial charge is 0.315 e. The molecule has 0 radical (unpaired) electrons. The number of urea groups is 1. The first-order chi connectivity index (χ1) is 11.4. The molecule has 0 aliphatic rings. The molecule has 2 aromatic carbocycles. The third-order valence-electron chi connectivity index (χ3n) is 3.56. The summed E-state index contributed by atoms with van der Waals surface area (Å²) in [6.07, 6.45) is 2.32. The van der Waals surface area contributed by atoms with Gasteiger partial charge in [-0.3, -0.25) is 4.21 Å². The van der Waals surface area contributed by atoms with Crippen molar-refractivity contribution in [3.8, 4) is 5.75 Å². The van der Waals surface area contributed by atoms with Gasteiger partial charge < -0.3 is 15.7 Å². The standard InChI is InChI=1S/C18H22N2O3S/c1-13(11-14-3-7-16(21)8-4-14)20-18(22)19-12-15-5-9-17(10-6-15)24(2)23/h3-10,13,21H,11-12H2,1-2H3,(H2,19,20,22). The number of carbonyl (C=O) groups is 1. The summed E-state index contributed by atoms with van der Waals surface area (Å²) in [5.41, 5.74) is 1.99. The lowest BCUT2D eigenvalue weighted by Crippen LogP contribution is -2.41. The van der Waals surface area contributed by atoms with Gasteiger partial charge in [-0.25, -0.2) is 4.79 Å². The van der Waals surface area contributed by atoms with Crippen LogP contribution in [0, 0.1) is 0 Å². The Bertz CT molecular complexity index is 699. The second-order valence-electron chi connectivity index (χ2n) is 5.70. The molecule has 128 valence electrons. The van der Waals surface area contributed by atoms with Gasteiger partial charge in [0.25, 0.3) is 0 Å². The molecule has 0 aliphatic carbocycles. The van der Waals surface area contributed by atoms with Crippen molar-refractivity contribution in [1.29, 1.82) is 0 Å². The highest BCUT2D eigenvalue weighted by Gasteiger charge is 2.08. The Morgan fingerprint density at radius 2 is 1.67 bits per heavy atom. The summed E-state index contributed by atoms with van der Waals surface area (Å²) in [6.45, 7) is 2.34. The van der Waals surface area contributed by atoms with Crippen molar-refractivity contribution in [3.05, 3.63) is 59.7 Å². The number of phenols is 1. The molecule has 5 nitrogen and oxygen atoms in total. The number of carbonyl (C=O) groups excluding carboxylic acids is 1. The maximum absolute atomic E-state index is 11.9. The van der Waals surface area contributed by atoms with Crippen LogP contribution in [0.15, 0.2) is 53.4 Å². The first kappa shape index (κ1) is 18.0. The van der Waals surface area contributed by atoms with E-state index in [1.165, 1.54) is 0 Å². The number of benzene rings is 2. The van der Waals surface area contributed by atoms with Crippen molar-refractivity contribution in [2.75, 3.05) is 6.26 Å². The van der Waals surface area contributed by atoms with Crippen LogP contribution in [0.2, 0.25) is 0 Å². The van der Waals surface area contributed by atoms with Crippen LogP contribution >= 0.6 is 0 Å². The fourth-order valence-electron chi connectivity index (χ4n) is 2.29. The molecule has 6 heteroatoms. The molecule has 24 heavy (non-hydrogen) atoms. The van der Waals surface area contributed by atoms with Gasteiger partial charge in [0.15, 0.2) is 0 Å². The summed E-state index contributed by atoms with van der Waals surface area (Å²) < 4.78 is 11.3. The van der Waals surface area contributed by atoms with Gasteiger partial charge in [0.05, 0.1) is 0 Å². The van der Waals surface area contributed by atoms with Crippen LogP contribution in [0.3, 0.4) is 0 Å². The van der Waals surface area contributed by atoms with E-state index in [-0.39, 0.29) is 17.8 Å². The van der Waals surface area contributed by atoms with Crippen LogP contribution in [-0.2, 0) is 23.8 Å². The first-order valence-corrected chi connectivity index (χ1v) is 9.24. The monoisotopic (exact) mass is 346 g/mol. The molecule has 2 aromatic rings. The second kappa shape index (κ2) is 8.49. The van der Waals surface area contributed by atoms with Crippen LogP contribution in [0.25, 0.3) is 0 Å². The van der Waals surface area contributed by atoms with Gasteiger partial charge >= 0.3 is 6.03 Å². The number of aromatic hydroxyl groups is 1. The van der Waals surface area contributed by atoms with Crippen molar-refractivity contribution in [2.45, 2.75) is 30.8 Å². The van der Waals surface area contributed by atoms with Gasteiger partial charge in [0.2, 0.25) is 0 Å². The summed E-state index contributed by atoms with van der Waals surface area (Å²) in [4.78, 5) is 12.7. The molecule has 3 N–H and O–H groups in total. The van der Waals surface area contributed by atoms with Crippen LogP contribution in [0.1, 0.15) is 18.1 Å². The van der Waals surface area contributed by atoms with Crippen molar-refractivity contribution in [2.24, 2.45) is 0 Å². The number of hydrogen-bond donors (Lipinski definition) is 3. The van der Waals surface area contributed by atoms with Gasteiger partial charge in [-0.15, -0.1) is 0 Å². The second-order valence-corrected chi connectivity index (χ2v) is 7.08. The molecule has 2 amide bonds. The van der Waals surface area contributed by atoms with Gasteiger partial charge in [-0.05, 0) is 48.7 Å². The average Bonchev–Trinajstić information content (AvgIpc) is 2.55. The zero-order valence-electron chi connectivity index (χ0n) is 13.8. The van der Waals surface area contributed by atoms with Crippen molar-refractivity contribution in [1.82, 2.24) is 10.6 Å². The zero-order valence-corrected chi connectivity index (χ0v) is 14.6. The lowest BCUT2D eigenvalue weighted by Gasteiger charge is -2.15. The van der Waals surface area contributed by atoms with E-state index in [4.69, 9.17) is 0 Å². The number of amides is 2. The van der Waals surface area contributed by atoms with E-state index in [0.29, 0.717) is 13.0 Å². The molecule has 0 aromatic heterocycles. The largest absolute Gasteiger partial charge is 0.508 e. The normalized spacial score (nSPS) is 13.1. The number of phenolic OH excluding ortho intramolecular Hbond substituents is 1. The Hall–Kier alpha value is -2.34. The molecule has 0 saturated heterocycles. The SMILES string of the molecule is CC(Cc1ccc(O)cc1)NC(=O)NCc1ccc(S(C)=O)cc1. The van der Waals surface area contributed by atoms with Crippen LogP contribution in [0.4, 0.5) is 4.79 Å². The number of nitrogens with one attached hydrogen (secondary N) is 2. The maximum Gasteiger partial charge on any atom is 0.315 e. The van der Waals surface area contributed by atoms with Crippen LogP contribution in [-0.4, -0.2) is 27.6 Å². The third kappa shape index (κ3) is 5.70. The first-order valence-electron chi connectivity index (χ1n) is 7.68. The molecule has 0 heterocycles. The quantitative estimate of drug-likeness (QED) is 0.752. The summed E-state index contributed by atoms with van der Waals surface area (Å²) >= 11 is 0. The predicted molar refractivity (Wildman–Crippen MR) is 95.4 cm³/mol. The lowest BCUT2D eigenvalue weighted by molar-refractivity contribution is 0.237. The Balaban J connectivity index is 1.77. The lowest BCUT2D eigenvalue weighted by atomic mass is 10.1. The predicted octanol–water partition coefficient (Wildman–Crippen LogP) is 2.56. The molecule has 0 fully saturated rings. The molecule has 0 saturated carbocycles. The molecule has 2 rings (SSSR count). The molecule has 0 aliphatic heterocycles. The maximum atomic E-state index is 11.9. The highest BCUT2D eigenvalue weighted by atomic mass is 32.2. The summed E-state index contributed by atoms with van der Waals surface area (Å²) in [6, 6.07) is 14.0. The highest BCUT2D eigenvalue weighted by molar-refractivity contribution is 7.84. The Morgan fingerprint density at radius 1 is 1.08 bits per heavy atom. The fourth-order valence-corrected chi connectivity index (χ4v) is 2.81. The number of hydrogen-bond acceptors (Lipinski definition) is 3. The molecular formula is C18H22N2O3S. The number of rotatable bonds is 6. The Morgan fingerprint density at radius 3 is 2.25 bits per heavy atom. The zero-order chi connectivity index (χ0) is 17.5. The molecule has 0 spiro atoms. The minimum Gasteiger partial charge on any atom is -0.508 e. The highest BCUT2D eigenvalue weighted by Crippen LogP contribution is 2.11. The van der Waals surface area contributed by atoms with Crippen molar-refractivity contribution < 1.29 is 14.1 Å². The Kier molecular flexibility index (Phi) is 6.37. The minimum atomic E-state index is -0.994. The van der Waals surface area contributed by atoms with Gasteiger partial charge in [-0.1, -0.05) is 24.3 Å². The third-order valence-corrected chi connectivity index (χ3v) is 4.50. The average molecular weight is 346 g/mol. The fraction of sp³-hybridized carbons (Fsp3) is 0.278. The van der Waals surface area contributed by atoms with E-state index in [2.05, 4.69) is 10.6 Å². The summed E-state index contributed by atoms with van der Waals surface area (Å²) in [5, 5.41) is 15.0. The van der Waals surface area contributed by atoms with E-state index in [0.717, 1.165) is 16.0 Å². The van der Waals surface area contributed by atoms with Crippen LogP contribution in [0.5, 0.6) is 5.75 Å². The van der Waals surface area contributed by atoms with Crippen molar-refractivity contribution in [3.63, 3.8) is 0 Å². The van der Waals surface area contributed by atoms with E-state index >= 15 is 0 Å². The van der Waals surface area contributed by atoms with Gasteiger partial charge in [0.1, 0.15) is 5.75 Å². The summed E-state index contributed by atoms with van der Waals surface area (Å²) in [7, 11) is -0.994. The van der Waals surface area contributed by atoms with Gasteiger partial charge in [0, 0.05) is 34.5 Å². The topological polar surface area (TPSA) is 78.4 Å². The van der Waals surface area contributed by atoms with Crippen LogP contribution < -0.4 is 10.6 Å². The van der Waals surface area contributed by atoms with E-state index in [1.54, 1.807) is 30.5 Å². The minimum absolute atomic E-state index is 0.0283. The van der Waals surface area contributed by atoms with E-state index < -0.39 is 10.8 Å². The van der Waals surface area contributed by atoms with Gasteiger partial charge in [-0.2, -0.15) is 0 Å². The van der Waals surface area contributed by atoms with Crippen molar-refractivity contribution >= 4 is 16.8 Å². The van der Waals surface area contributed by atoms with E-state index in [1.807, 2.05) is 31.2 Å². The summed E-state index contributed by atoms with van der Waals surface area (Å²) in [5.74, 6) is 0.232. The van der Waals surface area contributed by atoms with E-state index in [9.17, 15) is 14.1 Å². The molecule has 2 unspecified atom stereocenters. The Labute approximate surface area is 144 Å².